The predicted octanol–water partition coefficient (Wildman–Crippen LogP) is 1.27. The van der Waals surface area contributed by atoms with Crippen molar-refractivity contribution in [3.63, 3.8) is 0 Å². The van der Waals surface area contributed by atoms with Crippen molar-refractivity contribution < 1.29 is 8.42 Å². The van der Waals surface area contributed by atoms with Crippen LogP contribution in [0.1, 0.15) is 40.5 Å². The molecule has 0 amide bonds. The van der Waals surface area contributed by atoms with E-state index in [9.17, 15) is 8.42 Å². The lowest BCUT2D eigenvalue weighted by atomic mass is 9.99. The molecule has 0 aromatic carbocycles. The summed E-state index contributed by atoms with van der Waals surface area (Å²) in [4.78, 5) is 0. The summed E-state index contributed by atoms with van der Waals surface area (Å²) in [5, 5.41) is 0. The molecule has 2 N–H and O–H groups in total. The molecule has 1 aliphatic rings. The van der Waals surface area contributed by atoms with E-state index >= 15 is 0 Å². The van der Waals surface area contributed by atoms with Crippen LogP contribution >= 0.6 is 0 Å². The van der Waals surface area contributed by atoms with Crippen molar-refractivity contribution in [3.05, 3.63) is 0 Å². The Hall–Kier alpha value is -0.170. The molecule has 0 aromatic heterocycles. The van der Waals surface area contributed by atoms with Crippen LogP contribution in [0.3, 0.4) is 0 Å². The van der Waals surface area contributed by atoms with Crippen LogP contribution in [0, 0.1) is 11.8 Å². The third-order valence-corrected chi connectivity index (χ3v) is 5.83. The van der Waals surface area contributed by atoms with Crippen LogP contribution in [0.2, 0.25) is 0 Å². The number of piperidine rings is 1. The van der Waals surface area contributed by atoms with Crippen molar-refractivity contribution >= 4 is 10.2 Å². The van der Waals surface area contributed by atoms with Crippen LogP contribution in [0.4, 0.5) is 0 Å². The van der Waals surface area contributed by atoms with Gasteiger partial charge in [0.2, 0.25) is 0 Å². The maximum absolute atomic E-state index is 12.7. The Kier molecular flexibility index (Phi) is 6.23. The highest BCUT2D eigenvalue weighted by atomic mass is 32.2. The first-order chi connectivity index (χ1) is 8.78. The lowest BCUT2D eigenvalue weighted by molar-refractivity contribution is 0.238. The van der Waals surface area contributed by atoms with Gasteiger partial charge in [-0.1, -0.05) is 13.8 Å². The molecule has 5 nitrogen and oxygen atoms in total. The molecule has 1 saturated heterocycles. The summed E-state index contributed by atoms with van der Waals surface area (Å²) in [6.07, 6.45) is 1.76. The molecule has 0 aliphatic carbocycles. The van der Waals surface area contributed by atoms with Crippen molar-refractivity contribution in [1.82, 2.24) is 8.61 Å². The predicted molar refractivity (Wildman–Crippen MR) is 79.0 cm³/mol. The molecule has 0 atom stereocenters. The van der Waals surface area contributed by atoms with Crippen LogP contribution in [-0.2, 0) is 10.2 Å². The summed E-state index contributed by atoms with van der Waals surface area (Å²) >= 11 is 0. The third-order valence-electron chi connectivity index (χ3n) is 3.65. The van der Waals surface area contributed by atoms with Gasteiger partial charge in [0.05, 0.1) is 0 Å². The minimum Gasteiger partial charge on any atom is -0.330 e. The van der Waals surface area contributed by atoms with E-state index in [4.69, 9.17) is 5.73 Å². The van der Waals surface area contributed by atoms with Crippen molar-refractivity contribution in [3.8, 4) is 0 Å². The second kappa shape index (κ2) is 7.02. The average Bonchev–Trinajstić information content (AvgIpc) is 2.35. The minimum absolute atomic E-state index is 0.000341. The lowest BCUT2D eigenvalue weighted by Crippen LogP contribution is -2.50. The second-order valence-electron chi connectivity index (χ2n) is 6.14. The topological polar surface area (TPSA) is 66.6 Å². The summed E-state index contributed by atoms with van der Waals surface area (Å²) < 4.78 is 28.6. The Morgan fingerprint density at radius 1 is 1.21 bits per heavy atom. The molecule has 0 spiro atoms. The third kappa shape index (κ3) is 4.41. The summed E-state index contributed by atoms with van der Waals surface area (Å²) in [7, 11) is -3.32. The lowest BCUT2D eigenvalue weighted by Gasteiger charge is -2.36. The maximum atomic E-state index is 12.7. The Bertz CT molecular complexity index is 360. The largest absolute Gasteiger partial charge is 0.330 e. The van der Waals surface area contributed by atoms with Gasteiger partial charge in [-0.2, -0.15) is 17.0 Å². The normalized spacial score (nSPS) is 19.8. The Morgan fingerprint density at radius 3 is 2.11 bits per heavy atom. The van der Waals surface area contributed by atoms with E-state index in [1.165, 1.54) is 0 Å². The fourth-order valence-electron chi connectivity index (χ4n) is 2.46. The first kappa shape index (κ1) is 16.9. The zero-order valence-corrected chi connectivity index (χ0v) is 13.5. The molecule has 0 radical (unpaired) electrons. The van der Waals surface area contributed by atoms with Crippen molar-refractivity contribution in [1.29, 1.82) is 0 Å². The summed E-state index contributed by atoms with van der Waals surface area (Å²) in [6, 6.07) is -0.000341. The van der Waals surface area contributed by atoms with E-state index < -0.39 is 10.2 Å². The highest BCUT2D eigenvalue weighted by Gasteiger charge is 2.34. The van der Waals surface area contributed by atoms with Gasteiger partial charge < -0.3 is 5.73 Å². The molecule has 0 aromatic rings. The molecule has 0 unspecified atom stereocenters. The van der Waals surface area contributed by atoms with Gasteiger partial charge in [-0.3, -0.25) is 0 Å². The number of nitrogens with zero attached hydrogens (tertiary/aromatic N) is 2. The smallest absolute Gasteiger partial charge is 0.282 e. The van der Waals surface area contributed by atoms with Gasteiger partial charge in [-0.25, -0.2) is 0 Å². The van der Waals surface area contributed by atoms with Gasteiger partial charge in [-0.15, -0.1) is 0 Å². The van der Waals surface area contributed by atoms with E-state index in [0.29, 0.717) is 38.0 Å². The second-order valence-corrected chi connectivity index (χ2v) is 8.02. The first-order valence-corrected chi connectivity index (χ1v) is 8.65. The molecule has 1 rings (SSSR count). The van der Waals surface area contributed by atoms with E-state index in [0.717, 1.165) is 12.8 Å². The van der Waals surface area contributed by atoms with Gasteiger partial charge in [0.25, 0.3) is 10.2 Å². The Labute approximate surface area is 118 Å². The molecule has 0 saturated carbocycles. The number of hydrogen-bond acceptors (Lipinski definition) is 3. The highest BCUT2D eigenvalue weighted by molar-refractivity contribution is 7.86. The standard InChI is InChI=1S/C13H29N3O2S/c1-11(2)10-16(12(3)4)19(17,18)15-7-5-13(9-14)6-8-15/h11-13H,5-10,14H2,1-4H3. The minimum atomic E-state index is -3.32. The fourth-order valence-corrected chi connectivity index (χ4v) is 4.44. The van der Waals surface area contributed by atoms with E-state index in [-0.39, 0.29) is 6.04 Å². The molecular weight excluding hydrogens is 262 g/mol. The van der Waals surface area contributed by atoms with Crippen LogP contribution in [0.5, 0.6) is 0 Å². The highest BCUT2D eigenvalue weighted by Crippen LogP contribution is 2.22. The zero-order chi connectivity index (χ0) is 14.6. The van der Waals surface area contributed by atoms with E-state index in [1.54, 1.807) is 8.61 Å². The molecule has 19 heavy (non-hydrogen) atoms. The fraction of sp³-hybridized carbons (Fsp3) is 1.00. The first-order valence-electron chi connectivity index (χ1n) is 7.26. The number of nitrogens with two attached hydrogens (primary N) is 1. The molecule has 1 heterocycles. The van der Waals surface area contributed by atoms with Gasteiger partial charge >= 0.3 is 0 Å². The van der Waals surface area contributed by atoms with Crippen molar-refractivity contribution in [2.24, 2.45) is 17.6 Å². The van der Waals surface area contributed by atoms with E-state index in [2.05, 4.69) is 0 Å². The van der Waals surface area contributed by atoms with Crippen LogP contribution in [0.25, 0.3) is 0 Å². The summed E-state index contributed by atoms with van der Waals surface area (Å²) in [5.41, 5.74) is 5.65. The van der Waals surface area contributed by atoms with Gasteiger partial charge in [-0.05, 0) is 45.1 Å². The van der Waals surface area contributed by atoms with Gasteiger partial charge in [0, 0.05) is 25.7 Å². The van der Waals surface area contributed by atoms with Crippen molar-refractivity contribution in [2.45, 2.75) is 46.6 Å². The molecular formula is C13H29N3O2S. The molecule has 114 valence electrons. The SMILES string of the molecule is CC(C)CN(C(C)C)S(=O)(=O)N1CCC(CN)CC1. The Morgan fingerprint density at radius 2 is 1.74 bits per heavy atom. The maximum Gasteiger partial charge on any atom is 0.282 e. The van der Waals surface area contributed by atoms with Crippen LogP contribution < -0.4 is 5.73 Å². The zero-order valence-electron chi connectivity index (χ0n) is 12.7. The van der Waals surface area contributed by atoms with Gasteiger partial charge in [0.1, 0.15) is 0 Å². The molecule has 0 bridgehead atoms. The number of hydrogen-bond donors (Lipinski definition) is 1. The molecule has 1 aliphatic heterocycles. The number of rotatable bonds is 6. The summed E-state index contributed by atoms with van der Waals surface area (Å²) in [6.45, 7) is 10.4. The quantitative estimate of drug-likeness (QED) is 0.801. The molecule has 1 fully saturated rings. The average molecular weight is 291 g/mol. The Balaban J connectivity index is 2.77. The van der Waals surface area contributed by atoms with Gasteiger partial charge in [0.15, 0.2) is 0 Å². The van der Waals surface area contributed by atoms with E-state index in [1.807, 2.05) is 27.7 Å². The van der Waals surface area contributed by atoms with Crippen LogP contribution in [0.15, 0.2) is 0 Å². The van der Waals surface area contributed by atoms with Crippen LogP contribution in [-0.4, -0.2) is 49.2 Å². The molecule has 6 heteroatoms. The monoisotopic (exact) mass is 291 g/mol. The van der Waals surface area contributed by atoms with Crippen molar-refractivity contribution in [2.75, 3.05) is 26.2 Å². The summed E-state index contributed by atoms with van der Waals surface area (Å²) in [5.74, 6) is 0.808.